The number of ether oxygens (including phenoxy) is 1. The van der Waals surface area contributed by atoms with E-state index in [1.165, 1.54) is 6.42 Å². The lowest BCUT2D eigenvalue weighted by Gasteiger charge is -2.42. The first-order chi connectivity index (χ1) is 16.6. The molecule has 34 heavy (non-hydrogen) atoms. The van der Waals surface area contributed by atoms with Crippen molar-refractivity contribution in [3.05, 3.63) is 65.2 Å². The molecule has 0 radical (unpaired) electrons. The van der Waals surface area contributed by atoms with Crippen molar-refractivity contribution in [1.29, 1.82) is 5.26 Å². The average Bonchev–Trinajstić information content (AvgIpc) is 2.88. The molecule has 1 saturated heterocycles. The summed E-state index contributed by atoms with van der Waals surface area (Å²) in [5.41, 5.74) is 1.95. The van der Waals surface area contributed by atoms with Gasteiger partial charge in [-0.25, -0.2) is 0 Å². The Kier molecular flexibility index (Phi) is 10.9. The van der Waals surface area contributed by atoms with Crippen LogP contribution in [0, 0.1) is 11.3 Å². The Hall–Kier alpha value is -1.85. The van der Waals surface area contributed by atoms with Crippen LogP contribution in [0.25, 0.3) is 0 Å². The molecule has 2 N–H and O–H groups in total. The molecular formula is C26H33Cl2N3O3. The molecule has 2 aliphatic rings. The summed E-state index contributed by atoms with van der Waals surface area (Å²) < 4.78 is 9.16. The van der Waals surface area contributed by atoms with E-state index in [9.17, 15) is 10.4 Å². The van der Waals surface area contributed by atoms with Gasteiger partial charge in [-0.1, -0.05) is 55.7 Å². The van der Waals surface area contributed by atoms with Crippen molar-refractivity contribution in [2.24, 2.45) is 0 Å². The molecule has 0 spiro atoms. The molecule has 1 unspecified atom stereocenters. The van der Waals surface area contributed by atoms with Crippen molar-refractivity contribution in [3.63, 3.8) is 0 Å². The van der Waals surface area contributed by atoms with Crippen LogP contribution < -0.4 is 10.1 Å². The summed E-state index contributed by atoms with van der Waals surface area (Å²) >= 11 is 8.53. The fraction of sp³-hybridized carbons (Fsp3) is 0.500. The molecule has 184 valence electrons. The van der Waals surface area contributed by atoms with E-state index >= 15 is 0 Å². The summed E-state index contributed by atoms with van der Waals surface area (Å²) in [4.78, 5) is 2.44. The normalized spacial score (nSPS) is 18.8. The first kappa shape index (κ1) is 26.7. The summed E-state index contributed by atoms with van der Waals surface area (Å²) in [6, 6.07) is 18.2. The molecule has 8 heteroatoms. The molecule has 2 fully saturated rings. The number of hydrogen-bond acceptors (Lipinski definition) is 6. The van der Waals surface area contributed by atoms with E-state index in [0.717, 1.165) is 69.5 Å². The zero-order chi connectivity index (χ0) is 24.2. The zero-order valence-electron chi connectivity index (χ0n) is 19.4. The summed E-state index contributed by atoms with van der Waals surface area (Å²) in [5, 5.41) is 24.9. The van der Waals surface area contributed by atoms with Gasteiger partial charge >= 0.3 is 0 Å². The van der Waals surface area contributed by atoms with Gasteiger partial charge in [0.2, 0.25) is 0 Å². The second-order valence-electron chi connectivity index (χ2n) is 8.97. The quantitative estimate of drug-likeness (QED) is 0.542. The molecular weight excluding hydrogens is 473 g/mol. The van der Waals surface area contributed by atoms with Crippen LogP contribution in [0.1, 0.15) is 54.7 Å². The predicted molar refractivity (Wildman–Crippen MR) is 135 cm³/mol. The maximum atomic E-state index is 11.6. The second-order valence-corrected chi connectivity index (χ2v) is 9.43. The van der Waals surface area contributed by atoms with Crippen LogP contribution in [0.5, 0.6) is 5.75 Å². The first-order valence-corrected chi connectivity index (χ1v) is 12.5. The smallest absolute Gasteiger partial charge is 0.137 e. The number of aliphatic hydroxyl groups is 1. The largest absolute Gasteiger partial charge is 0.488 e. The van der Waals surface area contributed by atoms with E-state index < -0.39 is 5.60 Å². The van der Waals surface area contributed by atoms with Gasteiger partial charge in [0, 0.05) is 38.6 Å². The van der Waals surface area contributed by atoms with Gasteiger partial charge in [0.05, 0.1) is 34.9 Å². The molecule has 4 rings (SSSR count). The van der Waals surface area contributed by atoms with E-state index in [-0.39, 0.29) is 5.92 Å². The second kappa shape index (κ2) is 13.9. The molecule has 2 aromatic carbocycles. The van der Waals surface area contributed by atoms with Crippen LogP contribution in [0.15, 0.2) is 48.5 Å². The van der Waals surface area contributed by atoms with Gasteiger partial charge in [0.25, 0.3) is 0 Å². The van der Waals surface area contributed by atoms with Gasteiger partial charge in [0.15, 0.2) is 0 Å². The summed E-state index contributed by atoms with van der Waals surface area (Å²) in [7, 11) is 0. The number of nitrogens with one attached hydrogen (secondary N) is 1. The number of benzene rings is 2. The van der Waals surface area contributed by atoms with E-state index in [1.54, 1.807) is 0 Å². The summed E-state index contributed by atoms with van der Waals surface area (Å²) in [6.45, 7) is 5.23. The molecule has 1 aliphatic carbocycles. The highest BCUT2D eigenvalue weighted by Gasteiger charge is 2.40. The average molecular weight is 506 g/mol. The number of nitrogens with zero attached hydrogens (tertiary/aromatic N) is 2. The molecule has 1 atom stereocenters. The van der Waals surface area contributed by atoms with Crippen molar-refractivity contribution in [2.75, 3.05) is 32.7 Å². The Labute approximate surface area is 212 Å². The van der Waals surface area contributed by atoms with Gasteiger partial charge in [-0.05, 0) is 36.1 Å². The number of hydrogen-bond donors (Lipinski definition) is 2. The lowest BCUT2D eigenvalue weighted by Crippen LogP contribution is -2.49. The Morgan fingerprint density at radius 2 is 1.74 bits per heavy atom. The van der Waals surface area contributed by atoms with E-state index in [0.29, 0.717) is 17.9 Å². The van der Waals surface area contributed by atoms with Crippen LogP contribution in [0.3, 0.4) is 0 Å². The van der Waals surface area contributed by atoms with Gasteiger partial charge in [-0.2, -0.15) is 9.10 Å². The third-order valence-electron chi connectivity index (χ3n) is 6.78. The first-order valence-electron chi connectivity index (χ1n) is 11.8. The van der Waals surface area contributed by atoms with Crippen molar-refractivity contribution < 1.29 is 13.7 Å². The highest BCUT2D eigenvalue weighted by Crippen LogP contribution is 2.41. The molecule has 0 amide bonds. The maximum absolute atomic E-state index is 11.6. The van der Waals surface area contributed by atoms with E-state index in [1.807, 2.05) is 42.5 Å². The number of rotatable bonds is 7. The molecule has 0 aromatic heterocycles. The Balaban J connectivity index is 0.00000103. The summed E-state index contributed by atoms with van der Waals surface area (Å²) in [5.74, 6) is 0.604. The van der Waals surface area contributed by atoms with Crippen LogP contribution in [0.2, 0.25) is 0 Å². The Morgan fingerprint density at radius 1 is 1.06 bits per heavy atom. The minimum atomic E-state index is -0.706. The van der Waals surface area contributed by atoms with E-state index in [4.69, 9.17) is 4.74 Å². The lowest BCUT2D eigenvalue weighted by atomic mass is 9.72. The van der Waals surface area contributed by atoms with Gasteiger partial charge in [-0.15, -0.1) is 0 Å². The van der Waals surface area contributed by atoms with Crippen molar-refractivity contribution in [3.8, 4) is 11.8 Å². The van der Waals surface area contributed by atoms with Crippen molar-refractivity contribution in [2.45, 2.75) is 50.2 Å². The van der Waals surface area contributed by atoms with Gasteiger partial charge in [-0.3, -0.25) is 0 Å². The molecule has 1 heterocycles. The summed E-state index contributed by atoms with van der Waals surface area (Å²) in [6.07, 6.45) is 4.99. The highest BCUT2D eigenvalue weighted by molar-refractivity contribution is 6.24. The minimum absolute atomic E-state index is 0.00109. The lowest BCUT2D eigenvalue weighted by molar-refractivity contribution is -0.0316. The third kappa shape index (κ3) is 7.58. The monoisotopic (exact) mass is 505 g/mol. The van der Waals surface area contributed by atoms with E-state index in [2.05, 4.69) is 49.9 Å². The fourth-order valence-corrected chi connectivity index (χ4v) is 4.96. The third-order valence-corrected chi connectivity index (χ3v) is 6.78. The SMILES string of the molecule is ClOCl.N#Cc1cc(C(CN2CCNCC2)C2(O)CCCCC2)ccc1OCc1ccccc1. The Morgan fingerprint density at radius 3 is 2.38 bits per heavy atom. The standard InChI is InChI=1S/C26H33N3O2.Cl2O/c27-18-23-17-22(9-10-25(23)31-20-21-7-3-1-4-8-21)24(19-29-15-13-28-14-16-29)26(30)11-5-2-6-12-26;1-3-2/h1,3-4,7-10,17,24,28,30H,2,5-6,11-16,19-20H2;. The molecule has 0 bridgehead atoms. The van der Waals surface area contributed by atoms with Crippen molar-refractivity contribution >= 4 is 23.7 Å². The van der Waals surface area contributed by atoms with Gasteiger partial charge < -0.3 is 20.1 Å². The zero-order valence-corrected chi connectivity index (χ0v) is 20.9. The number of halogens is 2. The number of piperazine rings is 1. The minimum Gasteiger partial charge on any atom is -0.488 e. The fourth-order valence-electron chi connectivity index (χ4n) is 4.96. The Bertz CT molecular complexity index is 911. The molecule has 2 aromatic rings. The van der Waals surface area contributed by atoms with Crippen molar-refractivity contribution in [1.82, 2.24) is 10.2 Å². The van der Waals surface area contributed by atoms with Crippen LogP contribution >= 0.6 is 23.7 Å². The van der Waals surface area contributed by atoms with Crippen LogP contribution in [-0.2, 0) is 10.4 Å². The molecule has 6 nitrogen and oxygen atoms in total. The number of nitriles is 1. The van der Waals surface area contributed by atoms with Crippen LogP contribution in [-0.4, -0.2) is 48.3 Å². The molecule has 1 aliphatic heterocycles. The molecule has 1 saturated carbocycles. The van der Waals surface area contributed by atoms with Crippen LogP contribution in [0.4, 0.5) is 0 Å². The topological polar surface area (TPSA) is 77.8 Å². The van der Waals surface area contributed by atoms with Gasteiger partial charge in [0.1, 0.15) is 18.4 Å². The maximum Gasteiger partial charge on any atom is 0.137 e. The predicted octanol–water partition coefficient (Wildman–Crippen LogP) is 5.13. The highest BCUT2D eigenvalue weighted by atomic mass is 35.6.